The third-order valence-corrected chi connectivity index (χ3v) is 3.25. The normalized spacial score (nSPS) is 10.9. The van der Waals surface area contributed by atoms with E-state index >= 15 is 0 Å². The molecule has 0 saturated carbocycles. The van der Waals surface area contributed by atoms with Gasteiger partial charge in [-0.2, -0.15) is 0 Å². The van der Waals surface area contributed by atoms with Crippen molar-refractivity contribution in [3.8, 4) is 0 Å². The van der Waals surface area contributed by atoms with Crippen LogP contribution in [-0.4, -0.2) is 4.98 Å². The second-order valence-corrected chi connectivity index (χ2v) is 4.86. The zero-order valence-electron chi connectivity index (χ0n) is 6.49. The molecule has 0 aliphatic carbocycles. The van der Waals surface area contributed by atoms with Crippen molar-refractivity contribution < 1.29 is 0 Å². The predicted octanol–water partition coefficient (Wildman–Crippen LogP) is 3.84. The fourth-order valence-corrected chi connectivity index (χ4v) is 2.49. The van der Waals surface area contributed by atoms with Crippen LogP contribution in [0, 0.1) is 10.5 Å². The maximum Gasteiger partial charge on any atom is 0.0495 e. The van der Waals surface area contributed by atoms with E-state index in [1.807, 2.05) is 6.20 Å². The van der Waals surface area contributed by atoms with Crippen molar-refractivity contribution in [2.75, 3.05) is 0 Å². The average molecular weight is 336 g/mol. The highest BCUT2D eigenvalue weighted by Gasteiger charge is 2.03. The number of hydrogen-bond donors (Lipinski definition) is 1. The van der Waals surface area contributed by atoms with E-state index in [4.69, 9.17) is 0 Å². The van der Waals surface area contributed by atoms with Gasteiger partial charge in [0.15, 0.2) is 0 Å². The van der Waals surface area contributed by atoms with Crippen LogP contribution in [0.15, 0.2) is 22.8 Å². The molecule has 1 N–H and O–H groups in total. The van der Waals surface area contributed by atoms with Gasteiger partial charge in [0.1, 0.15) is 0 Å². The first-order valence-electron chi connectivity index (χ1n) is 3.61. The number of aryl methyl sites for hydroxylation is 1. The monoisotopic (exact) mass is 335 g/mol. The van der Waals surface area contributed by atoms with Gasteiger partial charge in [-0.25, -0.2) is 0 Å². The van der Waals surface area contributed by atoms with Gasteiger partial charge >= 0.3 is 0 Å². The minimum absolute atomic E-state index is 1.14. The molecule has 1 aromatic heterocycles. The Bertz CT molecular complexity index is 433. The van der Waals surface area contributed by atoms with E-state index in [0.717, 1.165) is 4.47 Å². The molecule has 1 aromatic carbocycles. The van der Waals surface area contributed by atoms with Crippen molar-refractivity contribution in [1.82, 2.24) is 4.98 Å². The molecule has 1 heterocycles. The molecule has 62 valence electrons. The Hall–Kier alpha value is -0.0300. The first-order valence-corrected chi connectivity index (χ1v) is 5.48. The first kappa shape index (κ1) is 8.56. The van der Waals surface area contributed by atoms with Gasteiger partial charge in [0.05, 0.1) is 0 Å². The van der Waals surface area contributed by atoms with Gasteiger partial charge in [-0.05, 0) is 47.2 Å². The van der Waals surface area contributed by atoms with Crippen molar-refractivity contribution in [1.29, 1.82) is 0 Å². The molecule has 0 saturated heterocycles. The maximum absolute atomic E-state index is 3.48. The Kier molecular flexibility index (Phi) is 2.16. The predicted molar refractivity (Wildman–Crippen MR) is 63.5 cm³/mol. The van der Waals surface area contributed by atoms with Gasteiger partial charge in [0.2, 0.25) is 0 Å². The lowest BCUT2D eigenvalue weighted by atomic mass is 10.2. The van der Waals surface area contributed by atoms with Gasteiger partial charge in [-0.15, -0.1) is 0 Å². The standard InChI is InChI=1S/C9H7BrIN/c1-5-2-6(10)3-7-8(11)4-12-9(5)7/h2-4,12H,1H3. The Morgan fingerprint density at radius 2 is 2.17 bits per heavy atom. The quantitative estimate of drug-likeness (QED) is 0.704. The number of halogens is 2. The van der Waals surface area contributed by atoms with Crippen LogP contribution < -0.4 is 0 Å². The summed E-state index contributed by atoms with van der Waals surface area (Å²) in [4.78, 5) is 3.26. The summed E-state index contributed by atoms with van der Waals surface area (Å²) in [7, 11) is 0. The van der Waals surface area contributed by atoms with Gasteiger partial charge in [-0.3, -0.25) is 0 Å². The number of aromatic nitrogens is 1. The highest BCUT2D eigenvalue weighted by molar-refractivity contribution is 14.1. The van der Waals surface area contributed by atoms with Gasteiger partial charge in [-0.1, -0.05) is 15.9 Å². The Balaban J connectivity index is 2.92. The molecular formula is C9H7BrIN. The summed E-state index contributed by atoms with van der Waals surface area (Å²) >= 11 is 5.82. The minimum Gasteiger partial charge on any atom is -0.360 e. The van der Waals surface area contributed by atoms with E-state index in [2.05, 4.69) is 62.6 Å². The molecule has 0 spiro atoms. The first-order chi connectivity index (χ1) is 5.68. The lowest BCUT2D eigenvalue weighted by Gasteiger charge is -1.97. The topological polar surface area (TPSA) is 15.8 Å². The highest BCUT2D eigenvalue weighted by atomic mass is 127. The summed E-state index contributed by atoms with van der Waals surface area (Å²) in [6.07, 6.45) is 2.03. The number of H-pyrrole nitrogens is 1. The smallest absolute Gasteiger partial charge is 0.0495 e. The van der Waals surface area contributed by atoms with Crippen LogP contribution in [0.4, 0.5) is 0 Å². The van der Waals surface area contributed by atoms with Gasteiger partial charge in [0, 0.05) is 25.1 Å². The molecule has 3 heteroatoms. The van der Waals surface area contributed by atoms with E-state index in [9.17, 15) is 0 Å². The number of hydrogen-bond acceptors (Lipinski definition) is 0. The van der Waals surface area contributed by atoms with E-state index in [0.29, 0.717) is 0 Å². The molecule has 2 rings (SSSR count). The Morgan fingerprint density at radius 1 is 1.42 bits per heavy atom. The van der Waals surface area contributed by atoms with E-state index in [1.165, 1.54) is 20.0 Å². The summed E-state index contributed by atoms with van der Waals surface area (Å²) < 4.78 is 2.41. The van der Waals surface area contributed by atoms with Crippen molar-refractivity contribution >= 4 is 49.4 Å². The summed E-state index contributed by atoms with van der Waals surface area (Å²) in [5, 5.41) is 1.29. The Labute approximate surface area is 92.8 Å². The van der Waals surface area contributed by atoms with Gasteiger partial charge in [0.25, 0.3) is 0 Å². The summed E-state index contributed by atoms with van der Waals surface area (Å²) in [5.74, 6) is 0. The van der Waals surface area contributed by atoms with Crippen LogP contribution >= 0.6 is 38.5 Å². The molecule has 12 heavy (non-hydrogen) atoms. The molecule has 0 aliphatic heterocycles. The third kappa shape index (κ3) is 1.29. The third-order valence-electron chi connectivity index (χ3n) is 1.90. The van der Waals surface area contributed by atoms with Crippen LogP contribution in [0.3, 0.4) is 0 Å². The number of aromatic amines is 1. The molecule has 0 bridgehead atoms. The molecule has 0 amide bonds. The van der Waals surface area contributed by atoms with Crippen molar-refractivity contribution in [3.63, 3.8) is 0 Å². The van der Waals surface area contributed by atoms with Crippen LogP contribution in [0.1, 0.15) is 5.56 Å². The summed E-state index contributed by atoms with van der Waals surface area (Å²) in [5.41, 5.74) is 2.52. The van der Waals surface area contributed by atoms with E-state index < -0.39 is 0 Å². The summed E-state index contributed by atoms with van der Waals surface area (Å²) in [6.45, 7) is 2.11. The van der Waals surface area contributed by atoms with Crippen molar-refractivity contribution in [2.45, 2.75) is 6.92 Å². The fraction of sp³-hybridized carbons (Fsp3) is 0.111. The maximum atomic E-state index is 3.48. The average Bonchev–Trinajstić information content (AvgIpc) is 2.33. The minimum atomic E-state index is 1.14. The lowest BCUT2D eigenvalue weighted by Crippen LogP contribution is -1.76. The molecule has 0 unspecified atom stereocenters. The van der Waals surface area contributed by atoms with Crippen molar-refractivity contribution in [3.05, 3.63) is 31.9 Å². The van der Waals surface area contributed by atoms with E-state index in [-0.39, 0.29) is 0 Å². The molecule has 0 radical (unpaired) electrons. The second-order valence-electron chi connectivity index (χ2n) is 2.78. The Morgan fingerprint density at radius 3 is 2.92 bits per heavy atom. The molecule has 1 nitrogen and oxygen atoms in total. The van der Waals surface area contributed by atoms with Crippen LogP contribution in [-0.2, 0) is 0 Å². The number of fused-ring (bicyclic) bond motifs is 1. The van der Waals surface area contributed by atoms with Crippen LogP contribution in [0.2, 0.25) is 0 Å². The zero-order chi connectivity index (χ0) is 8.72. The zero-order valence-corrected chi connectivity index (χ0v) is 10.2. The van der Waals surface area contributed by atoms with Crippen LogP contribution in [0.25, 0.3) is 10.9 Å². The number of benzene rings is 1. The van der Waals surface area contributed by atoms with E-state index in [1.54, 1.807) is 0 Å². The molecule has 0 fully saturated rings. The number of nitrogens with one attached hydrogen (secondary N) is 1. The molecule has 2 aromatic rings. The SMILES string of the molecule is Cc1cc(Br)cc2c(I)c[nH]c12. The largest absolute Gasteiger partial charge is 0.360 e. The molecular weight excluding hydrogens is 329 g/mol. The molecule has 0 atom stereocenters. The lowest BCUT2D eigenvalue weighted by molar-refractivity contribution is 1.41. The fourth-order valence-electron chi connectivity index (χ4n) is 1.34. The number of rotatable bonds is 0. The van der Waals surface area contributed by atoms with Gasteiger partial charge < -0.3 is 4.98 Å². The summed E-state index contributed by atoms with van der Waals surface area (Å²) in [6, 6.07) is 4.26. The van der Waals surface area contributed by atoms with Crippen LogP contribution in [0.5, 0.6) is 0 Å². The molecule has 0 aliphatic rings. The highest BCUT2D eigenvalue weighted by Crippen LogP contribution is 2.26. The van der Waals surface area contributed by atoms with Crippen molar-refractivity contribution in [2.24, 2.45) is 0 Å². The second kappa shape index (κ2) is 3.03.